The Labute approximate surface area is 157 Å². The maximum atomic E-state index is 13.2. The molecule has 0 spiro atoms. The summed E-state index contributed by atoms with van der Waals surface area (Å²) < 4.78 is 21.0. The van der Waals surface area contributed by atoms with Gasteiger partial charge in [-0.25, -0.2) is 4.39 Å². The fourth-order valence-corrected chi connectivity index (χ4v) is 3.59. The Morgan fingerprint density at radius 1 is 1.11 bits per heavy atom. The highest BCUT2D eigenvalue weighted by atomic mass is 19.1. The third kappa shape index (κ3) is 4.20. The zero-order valence-electron chi connectivity index (χ0n) is 15.3. The van der Waals surface area contributed by atoms with Gasteiger partial charge in [0.1, 0.15) is 11.5 Å². The number of rotatable bonds is 6. The van der Waals surface area contributed by atoms with Gasteiger partial charge in [0.05, 0.1) is 18.9 Å². The first-order valence-electron chi connectivity index (χ1n) is 9.01. The van der Waals surface area contributed by atoms with E-state index in [0.29, 0.717) is 13.2 Å². The third-order valence-electron chi connectivity index (χ3n) is 4.84. The van der Waals surface area contributed by atoms with Gasteiger partial charge >= 0.3 is 0 Å². The van der Waals surface area contributed by atoms with E-state index >= 15 is 0 Å². The van der Waals surface area contributed by atoms with E-state index < -0.39 is 0 Å². The van der Waals surface area contributed by atoms with Crippen molar-refractivity contribution in [1.82, 2.24) is 24.9 Å². The number of aromatic nitrogens is 4. The highest BCUT2D eigenvalue weighted by molar-refractivity contribution is 5.21. The second-order valence-electron chi connectivity index (χ2n) is 6.91. The van der Waals surface area contributed by atoms with E-state index in [1.54, 1.807) is 12.4 Å². The summed E-state index contributed by atoms with van der Waals surface area (Å²) in [5.41, 5.74) is 4.32. The molecule has 0 saturated carbocycles. The Morgan fingerprint density at radius 3 is 2.67 bits per heavy atom. The highest BCUT2D eigenvalue weighted by Crippen LogP contribution is 2.28. The van der Waals surface area contributed by atoms with Gasteiger partial charge < -0.3 is 4.74 Å². The summed E-state index contributed by atoms with van der Waals surface area (Å²) in [6.45, 7) is 3.48. The summed E-state index contributed by atoms with van der Waals surface area (Å²) in [5, 5.41) is 8.52. The Bertz CT molecular complexity index is 881. The van der Waals surface area contributed by atoms with Gasteiger partial charge in [-0.2, -0.15) is 0 Å². The van der Waals surface area contributed by atoms with Gasteiger partial charge in [0.25, 0.3) is 0 Å². The smallest absolute Gasteiger partial charge is 0.123 e. The van der Waals surface area contributed by atoms with Gasteiger partial charge in [-0.05, 0) is 35.4 Å². The van der Waals surface area contributed by atoms with Crippen molar-refractivity contribution in [3.05, 3.63) is 77.1 Å². The second-order valence-corrected chi connectivity index (χ2v) is 6.91. The molecule has 0 bridgehead atoms. The van der Waals surface area contributed by atoms with Crippen molar-refractivity contribution in [3.8, 4) is 0 Å². The number of fused-ring (bicyclic) bond motifs is 1. The lowest BCUT2D eigenvalue weighted by Gasteiger charge is -2.32. The molecule has 0 radical (unpaired) electrons. The van der Waals surface area contributed by atoms with Crippen LogP contribution in [0.3, 0.4) is 0 Å². The van der Waals surface area contributed by atoms with Gasteiger partial charge in [-0.1, -0.05) is 17.3 Å². The van der Waals surface area contributed by atoms with E-state index in [1.165, 1.54) is 12.1 Å². The van der Waals surface area contributed by atoms with Crippen LogP contribution in [0.5, 0.6) is 0 Å². The standard InChI is InChI=1S/C20H22FN5O/c1-25-20-17(14-27-13-16-6-8-22-9-7-16)11-26(12-19(20)23-24-25)10-15-2-4-18(21)5-3-15/h2-9,17H,10-14H2,1H3/t17-/m0/s1. The van der Waals surface area contributed by atoms with Gasteiger partial charge in [-0.3, -0.25) is 14.6 Å². The Kier molecular flexibility index (Phi) is 5.22. The molecule has 0 aliphatic carbocycles. The minimum Gasteiger partial charge on any atom is -0.376 e. The van der Waals surface area contributed by atoms with Crippen LogP contribution in [0, 0.1) is 5.82 Å². The summed E-state index contributed by atoms with van der Waals surface area (Å²) in [7, 11) is 1.93. The number of ether oxygens (including phenoxy) is 1. The molecule has 6 nitrogen and oxygen atoms in total. The third-order valence-corrected chi connectivity index (χ3v) is 4.84. The van der Waals surface area contributed by atoms with Crippen molar-refractivity contribution < 1.29 is 9.13 Å². The van der Waals surface area contributed by atoms with Gasteiger partial charge in [0, 0.05) is 45.0 Å². The minimum absolute atomic E-state index is 0.191. The summed E-state index contributed by atoms with van der Waals surface area (Å²) >= 11 is 0. The first kappa shape index (κ1) is 17.8. The molecule has 7 heteroatoms. The number of halogens is 1. The summed E-state index contributed by atoms with van der Waals surface area (Å²) in [4.78, 5) is 6.34. The van der Waals surface area contributed by atoms with Crippen LogP contribution in [-0.2, 0) is 31.5 Å². The van der Waals surface area contributed by atoms with Crippen LogP contribution in [0.25, 0.3) is 0 Å². The summed E-state index contributed by atoms with van der Waals surface area (Å²) in [6.07, 6.45) is 3.54. The fraction of sp³-hybridized carbons (Fsp3) is 0.350. The second kappa shape index (κ2) is 7.94. The number of hydrogen-bond acceptors (Lipinski definition) is 5. The molecule has 27 heavy (non-hydrogen) atoms. The molecule has 3 heterocycles. The van der Waals surface area contributed by atoms with Crippen LogP contribution < -0.4 is 0 Å². The molecule has 140 valence electrons. The van der Waals surface area contributed by atoms with Crippen LogP contribution in [0.15, 0.2) is 48.8 Å². The molecule has 1 aliphatic rings. The summed E-state index contributed by atoms with van der Waals surface area (Å²) in [5.74, 6) is -0.0213. The van der Waals surface area contributed by atoms with Crippen molar-refractivity contribution in [1.29, 1.82) is 0 Å². The average Bonchev–Trinajstić information content (AvgIpc) is 3.05. The molecular weight excluding hydrogens is 345 g/mol. The number of pyridine rings is 1. The van der Waals surface area contributed by atoms with Crippen molar-refractivity contribution in [2.45, 2.75) is 25.6 Å². The Morgan fingerprint density at radius 2 is 1.89 bits per heavy atom. The monoisotopic (exact) mass is 367 g/mol. The zero-order valence-corrected chi connectivity index (χ0v) is 15.3. The first-order valence-corrected chi connectivity index (χ1v) is 9.01. The normalized spacial score (nSPS) is 17.0. The SMILES string of the molecule is Cn1nnc2c1[C@H](COCc1ccncc1)CN(Cc1ccc(F)cc1)C2. The van der Waals surface area contributed by atoms with E-state index in [4.69, 9.17) is 4.74 Å². The van der Waals surface area contributed by atoms with Crippen LogP contribution in [0.2, 0.25) is 0 Å². The van der Waals surface area contributed by atoms with Gasteiger partial charge in [0.15, 0.2) is 0 Å². The molecule has 3 aromatic rings. The lowest BCUT2D eigenvalue weighted by molar-refractivity contribution is 0.0829. The predicted octanol–water partition coefficient (Wildman–Crippen LogP) is 2.67. The quantitative estimate of drug-likeness (QED) is 0.670. The average molecular weight is 367 g/mol. The topological polar surface area (TPSA) is 56.1 Å². The molecule has 0 amide bonds. The number of hydrogen-bond donors (Lipinski definition) is 0. The van der Waals surface area contributed by atoms with E-state index in [-0.39, 0.29) is 11.7 Å². The highest BCUT2D eigenvalue weighted by Gasteiger charge is 2.30. The van der Waals surface area contributed by atoms with E-state index in [1.807, 2.05) is 36.0 Å². The van der Waals surface area contributed by atoms with Crippen LogP contribution >= 0.6 is 0 Å². The van der Waals surface area contributed by atoms with Crippen molar-refractivity contribution in [2.24, 2.45) is 7.05 Å². The lowest BCUT2D eigenvalue weighted by Crippen LogP contribution is -2.36. The Hall–Kier alpha value is -2.64. The maximum absolute atomic E-state index is 13.2. The zero-order chi connectivity index (χ0) is 18.6. The maximum Gasteiger partial charge on any atom is 0.123 e. The first-order chi connectivity index (χ1) is 13.2. The van der Waals surface area contributed by atoms with Gasteiger partial charge in [0.2, 0.25) is 0 Å². The number of nitrogens with zero attached hydrogens (tertiary/aromatic N) is 5. The van der Waals surface area contributed by atoms with Crippen LogP contribution in [-0.4, -0.2) is 38.0 Å². The molecule has 1 aromatic carbocycles. The summed E-state index contributed by atoms with van der Waals surface area (Å²) in [6, 6.07) is 10.6. The lowest BCUT2D eigenvalue weighted by atomic mass is 9.98. The molecule has 2 aromatic heterocycles. The van der Waals surface area contributed by atoms with Crippen molar-refractivity contribution in [3.63, 3.8) is 0 Å². The molecule has 1 atom stereocenters. The minimum atomic E-state index is -0.212. The van der Waals surface area contributed by atoms with E-state index in [9.17, 15) is 4.39 Å². The predicted molar refractivity (Wildman–Crippen MR) is 98.2 cm³/mol. The molecule has 0 saturated heterocycles. The van der Waals surface area contributed by atoms with Crippen molar-refractivity contribution in [2.75, 3.05) is 13.2 Å². The molecule has 0 unspecified atom stereocenters. The number of aryl methyl sites for hydroxylation is 1. The van der Waals surface area contributed by atoms with Gasteiger partial charge in [-0.15, -0.1) is 5.10 Å². The molecule has 4 rings (SSSR count). The molecular formula is C20H22FN5O. The molecule has 0 N–H and O–H groups in total. The van der Waals surface area contributed by atoms with Crippen LogP contribution in [0.4, 0.5) is 4.39 Å². The van der Waals surface area contributed by atoms with Crippen molar-refractivity contribution >= 4 is 0 Å². The molecule has 0 fully saturated rings. The fourth-order valence-electron chi connectivity index (χ4n) is 3.59. The van der Waals surface area contributed by atoms with E-state index in [0.717, 1.165) is 42.1 Å². The largest absolute Gasteiger partial charge is 0.376 e. The molecule has 1 aliphatic heterocycles. The van der Waals surface area contributed by atoms with E-state index in [2.05, 4.69) is 20.2 Å². The van der Waals surface area contributed by atoms with Crippen LogP contribution in [0.1, 0.15) is 28.4 Å². The Balaban J connectivity index is 1.44. The number of benzene rings is 1.